The van der Waals surface area contributed by atoms with Crippen molar-refractivity contribution in [3.05, 3.63) is 40.9 Å². The maximum absolute atomic E-state index is 5.77. The first-order valence-electron chi connectivity index (χ1n) is 10.3. The number of fused-ring (bicyclic) bond motifs is 1. The molecule has 2 aliphatic heterocycles. The van der Waals surface area contributed by atoms with E-state index in [0.29, 0.717) is 0 Å². The van der Waals surface area contributed by atoms with Crippen LogP contribution in [0.15, 0.2) is 34.6 Å². The maximum atomic E-state index is 5.77. The Kier molecular flexibility index (Phi) is 6.31. The molecule has 3 heterocycles. The van der Waals surface area contributed by atoms with Crippen molar-refractivity contribution in [3.8, 4) is 5.75 Å². The SMILES string of the molecule is CCNC(=NCCc1csc(N2CCCC2)n1)NC1CCOc2ccccc21. The van der Waals surface area contributed by atoms with Crippen LogP contribution in [0.5, 0.6) is 5.75 Å². The van der Waals surface area contributed by atoms with Crippen LogP contribution < -0.4 is 20.3 Å². The molecule has 4 rings (SSSR count). The molecule has 0 spiro atoms. The second kappa shape index (κ2) is 9.28. The Morgan fingerprint density at radius 1 is 1.32 bits per heavy atom. The Morgan fingerprint density at radius 2 is 2.18 bits per heavy atom. The highest BCUT2D eigenvalue weighted by Gasteiger charge is 2.21. The van der Waals surface area contributed by atoms with Crippen molar-refractivity contribution in [1.82, 2.24) is 15.6 Å². The Bertz CT molecular complexity index is 800. The zero-order valence-electron chi connectivity index (χ0n) is 16.5. The summed E-state index contributed by atoms with van der Waals surface area (Å²) in [6.45, 7) is 6.68. The average Bonchev–Trinajstić information content (AvgIpc) is 3.40. The number of nitrogens with one attached hydrogen (secondary N) is 2. The molecule has 150 valence electrons. The number of hydrogen-bond donors (Lipinski definition) is 2. The summed E-state index contributed by atoms with van der Waals surface area (Å²) < 4.78 is 5.77. The summed E-state index contributed by atoms with van der Waals surface area (Å²) in [5.74, 6) is 1.83. The van der Waals surface area contributed by atoms with Crippen molar-refractivity contribution in [2.75, 3.05) is 37.7 Å². The minimum absolute atomic E-state index is 0.226. The van der Waals surface area contributed by atoms with Crippen molar-refractivity contribution in [3.63, 3.8) is 0 Å². The fourth-order valence-corrected chi connectivity index (χ4v) is 4.64. The molecule has 1 aromatic carbocycles. The van der Waals surface area contributed by atoms with Crippen LogP contribution in [0.3, 0.4) is 0 Å². The highest BCUT2D eigenvalue weighted by Crippen LogP contribution is 2.31. The molecule has 0 saturated carbocycles. The maximum Gasteiger partial charge on any atom is 0.191 e. The quantitative estimate of drug-likeness (QED) is 0.576. The van der Waals surface area contributed by atoms with Crippen LogP contribution in [-0.2, 0) is 6.42 Å². The van der Waals surface area contributed by atoms with Gasteiger partial charge in [0, 0.05) is 50.0 Å². The monoisotopic (exact) mass is 399 g/mol. The van der Waals surface area contributed by atoms with E-state index in [-0.39, 0.29) is 6.04 Å². The molecule has 0 aliphatic carbocycles. The van der Waals surface area contributed by atoms with Gasteiger partial charge in [-0.1, -0.05) is 18.2 Å². The molecule has 1 unspecified atom stereocenters. The van der Waals surface area contributed by atoms with Crippen molar-refractivity contribution < 1.29 is 4.74 Å². The summed E-state index contributed by atoms with van der Waals surface area (Å²) in [6.07, 6.45) is 4.37. The number of guanidine groups is 1. The smallest absolute Gasteiger partial charge is 0.191 e. The number of thiazole rings is 1. The molecule has 0 amide bonds. The van der Waals surface area contributed by atoms with Crippen LogP contribution >= 0.6 is 11.3 Å². The van der Waals surface area contributed by atoms with Gasteiger partial charge in [-0.3, -0.25) is 4.99 Å². The summed E-state index contributed by atoms with van der Waals surface area (Å²) in [4.78, 5) is 12.0. The number of rotatable bonds is 6. The highest BCUT2D eigenvalue weighted by atomic mass is 32.1. The number of nitrogens with zero attached hydrogens (tertiary/aromatic N) is 3. The molecule has 2 N–H and O–H groups in total. The Morgan fingerprint density at radius 3 is 3.04 bits per heavy atom. The molecule has 2 aliphatic rings. The van der Waals surface area contributed by atoms with Gasteiger partial charge in [0.2, 0.25) is 0 Å². The molecule has 1 saturated heterocycles. The van der Waals surface area contributed by atoms with Gasteiger partial charge in [-0.05, 0) is 25.8 Å². The largest absolute Gasteiger partial charge is 0.493 e. The first kappa shape index (κ1) is 19.1. The van der Waals surface area contributed by atoms with Gasteiger partial charge in [0.15, 0.2) is 11.1 Å². The molecule has 28 heavy (non-hydrogen) atoms. The number of para-hydroxylation sites is 1. The van der Waals surface area contributed by atoms with E-state index in [2.05, 4.69) is 40.0 Å². The molecule has 1 fully saturated rings. The van der Waals surface area contributed by atoms with Crippen LogP contribution in [0.2, 0.25) is 0 Å². The van der Waals surface area contributed by atoms with Crippen molar-refractivity contribution in [2.24, 2.45) is 4.99 Å². The van der Waals surface area contributed by atoms with Crippen molar-refractivity contribution in [1.29, 1.82) is 0 Å². The molecular formula is C21H29N5OS. The molecule has 2 aromatic rings. The van der Waals surface area contributed by atoms with Crippen molar-refractivity contribution in [2.45, 2.75) is 38.6 Å². The van der Waals surface area contributed by atoms with E-state index < -0.39 is 0 Å². The van der Waals surface area contributed by atoms with E-state index in [1.54, 1.807) is 11.3 Å². The topological polar surface area (TPSA) is 61.8 Å². The summed E-state index contributed by atoms with van der Waals surface area (Å²) in [5, 5.41) is 10.3. The van der Waals surface area contributed by atoms with Gasteiger partial charge in [-0.15, -0.1) is 11.3 Å². The lowest BCUT2D eigenvalue weighted by Gasteiger charge is -2.28. The second-order valence-electron chi connectivity index (χ2n) is 7.20. The van der Waals surface area contributed by atoms with Crippen molar-refractivity contribution >= 4 is 22.4 Å². The third-order valence-electron chi connectivity index (χ3n) is 5.17. The lowest BCUT2D eigenvalue weighted by Crippen LogP contribution is -2.41. The molecule has 0 bridgehead atoms. The van der Waals surface area contributed by atoms with E-state index >= 15 is 0 Å². The normalized spacial score (nSPS) is 19.2. The van der Waals surface area contributed by atoms with Gasteiger partial charge in [-0.2, -0.15) is 0 Å². The fourth-order valence-electron chi connectivity index (χ4n) is 3.72. The lowest BCUT2D eigenvalue weighted by atomic mass is 10.0. The standard InChI is InChI=1S/C21H29N5OS/c1-2-22-20(25-18-10-14-27-19-8-4-3-7-17(18)19)23-11-9-16-15-28-21(24-16)26-12-5-6-13-26/h3-4,7-8,15,18H,2,5-6,9-14H2,1H3,(H2,22,23,25). The third-order valence-corrected chi connectivity index (χ3v) is 6.12. The first-order valence-corrected chi connectivity index (χ1v) is 11.2. The Balaban J connectivity index is 1.36. The Labute approximate surface area is 171 Å². The molecule has 0 radical (unpaired) electrons. The summed E-state index contributed by atoms with van der Waals surface area (Å²) in [7, 11) is 0. The van der Waals surface area contributed by atoms with Crippen LogP contribution in [-0.4, -0.2) is 43.7 Å². The molecule has 1 atom stereocenters. The van der Waals surface area contributed by atoms with Gasteiger partial charge in [0.05, 0.1) is 18.3 Å². The lowest BCUT2D eigenvalue weighted by molar-refractivity contribution is 0.261. The van der Waals surface area contributed by atoms with Gasteiger partial charge in [0.25, 0.3) is 0 Å². The minimum Gasteiger partial charge on any atom is -0.493 e. The predicted molar refractivity (Wildman–Crippen MR) is 116 cm³/mol. The number of aliphatic imine (C=N–C) groups is 1. The van der Waals surface area contributed by atoms with Crippen LogP contribution in [0.25, 0.3) is 0 Å². The number of ether oxygens (including phenoxy) is 1. The first-order chi connectivity index (χ1) is 13.8. The van der Waals surface area contributed by atoms with Crippen LogP contribution in [0, 0.1) is 0 Å². The van der Waals surface area contributed by atoms with Gasteiger partial charge >= 0.3 is 0 Å². The summed E-state index contributed by atoms with van der Waals surface area (Å²) in [6, 6.07) is 8.47. The van der Waals surface area contributed by atoms with E-state index in [0.717, 1.165) is 63.0 Å². The minimum atomic E-state index is 0.226. The molecule has 6 nitrogen and oxygen atoms in total. The van der Waals surface area contributed by atoms with Crippen LogP contribution in [0.4, 0.5) is 5.13 Å². The molecule has 7 heteroatoms. The fraction of sp³-hybridized carbons (Fsp3) is 0.524. The zero-order valence-corrected chi connectivity index (χ0v) is 17.3. The summed E-state index contributed by atoms with van der Waals surface area (Å²) >= 11 is 1.76. The van der Waals surface area contributed by atoms with E-state index in [9.17, 15) is 0 Å². The number of anilines is 1. The number of hydrogen-bond acceptors (Lipinski definition) is 5. The molecular weight excluding hydrogens is 370 g/mol. The zero-order chi connectivity index (χ0) is 19.2. The van der Waals surface area contributed by atoms with E-state index in [1.165, 1.54) is 23.5 Å². The highest BCUT2D eigenvalue weighted by molar-refractivity contribution is 7.13. The van der Waals surface area contributed by atoms with E-state index in [1.807, 2.05) is 12.1 Å². The number of aromatic nitrogens is 1. The number of benzene rings is 1. The van der Waals surface area contributed by atoms with Gasteiger partial charge in [-0.25, -0.2) is 4.98 Å². The van der Waals surface area contributed by atoms with Crippen LogP contribution in [0.1, 0.15) is 43.5 Å². The Hall–Kier alpha value is -2.28. The average molecular weight is 400 g/mol. The molecule has 1 aromatic heterocycles. The van der Waals surface area contributed by atoms with Gasteiger partial charge in [0.1, 0.15) is 5.75 Å². The second-order valence-corrected chi connectivity index (χ2v) is 8.03. The third kappa shape index (κ3) is 4.58. The van der Waals surface area contributed by atoms with Gasteiger partial charge < -0.3 is 20.3 Å². The predicted octanol–water partition coefficient (Wildman–Crippen LogP) is 3.36. The summed E-state index contributed by atoms with van der Waals surface area (Å²) in [5.41, 5.74) is 2.34. The van der Waals surface area contributed by atoms with E-state index in [4.69, 9.17) is 14.7 Å².